The fraction of sp³-hybridized carbons (Fsp3) is 0.267. The summed E-state index contributed by atoms with van der Waals surface area (Å²) in [4.78, 5) is 20.7. The van der Waals surface area contributed by atoms with Crippen LogP contribution in [0.25, 0.3) is 0 Å². The van der Waals surface area contributed by atoms with E-state index in [2.05, 4.69) is 15.3 Å². The van der Waals surface area contributed by atoms with Crippen LogP contribution in [-0.2, 0) is 19.5 Å². The molecule has 23 heavy (non-hydrogen) atoms. The molecule has 1 aliphatic rings. The number of hydrogen-bond donors (Lipinski definition) is 2. The monoisotopic (exact) mass is 336 g/mol. The Hall–Kier alpha value is -2.41. The molecule has 0 fully saturated rings. The van der Waals surface area contributed by atoms with Crippen molar-refractivity contribution in [2.24, 2.45) is 0 Å². The summed E-state index contributed by atoms with van der Waals surface area (Å²) in [6, 6.07) is 6.15. The maximum atomic E-state index is 12.9. The minimum atomic E-state index is -0.980. The van der Waals surface area contributed by atoms with Crippen LogP contribution in [0.1, 0.15) is 16.8 Å². The van der Waals surface area contributed by atoms with E-state index >= 15 is 0 Å². The summed E-state index contributed by atoms with van der Waals surface area (Å²) in [5, 5.41) is 12.3. The first-order valence-electron chi connectivity index (χ1n) is 7.04. The van der Waals surface area contributed by atoms with Gasteiger partial charge in [-0.15, -0.1) is 0 Å². The van der Waals surface area contributed by atoms with Crippen LogP contribution in [0.15, 0.2) is 24.3 Å². The van der Waals surface area contributed by atoms with E-state index in [1.807, 2.05) is 0 Å². The zero-order valence-corrected chi connectivity index (χ0v) is 12.8. The molecule has 0 saturated carbocycles. The van der Waals surface area contributed by atoms with Crippen LogP contribution in [0.4, 0.5) is 15.0 Å². The molecule has 0 unspecified atom stereocenters. The van der Waals surface area contributed by atoms with E-state index in [-0.39, 0.29) is 17.6 Å². The Morgan fingerprint density at radius 1 is 1.35 bits per heavy atom. The van der Waals surface area contributed by atoms with E-state index < -0.39 is 6.09 Å². The zero-order chi connectivity index (χ0) is 16.4. The van der Waals surface area contributed by atoms with E-state index in [0.717, 1.165) is 11.1 Å². The lowest BCUT2D eigenvalue weighted by molar-refractivity contribution is 0.139. The van der Waals surface area contributed by atoms with Crippen LogP contribution in [0.5, 0.6) is 0 Å². The molecule has 1 amide bonds. The van der Waals surface area contributed by atoms with Gasteiger partial charge < -0.3 is 15.3 Å². The van der Waals surface area contributed by atoms with E-state index in [1.165, 1.54) is 17.0 Å². The summed E-state index contributed by atoms with van der Waals surface area (Å²) in [5.74, 6) is 0.305. The largest absolute Gasteiger partial charge is 0.465 e. The zero-order valence-electron chi connectivity index (χ0n) is 12.1. The van der Waals surface area contributed by atoms with Gasteiger partial charge in [-0.1, -0.05) is 12.1 Å². The summed E-state index contributed by atoms with van der Waals surface area (Å²) in [6.45, 7) is 1.04. The summed E-state index contributed by atoms with van der Waals surface area (Å²) in [6.07, 6.45) is -0.462. The van der Waals surface area contributed by atoms with Gasteiger partial charge >= 0.3 is 6.09 Å². The Labute approximate surface area is 136 Å². The lowest BCUT2D eigenvalue weighted by Gasteiger charge is -2.27. The molecule has 0 spiro atoms. The first-order valence-corrected chi connectivity index (χ1v) is 7.42. The van der Waals surface area contributed by atoms with Gasteiger partial charge in [-0.2, -0.15) is 0 Å². The molecule has 0 saturated heterocycles. The smallest absolute Gasteiger partial charge is 0.407 e. The van der Waals surface area contributed by atoms with Gasteiger partial charge in [0.05, 0.1) is 12.2 Å². The number of amides is 1. The molecule has 8 heteroatoms. The summed E-state index contributed by atoms with van der Waals surface area (Å²) >= 11 is 5.93. The Morgan fingerprint density at radius 2 is 2.09 bits per heavy atom. The van der Waals surface area contributed by atoms with Gasteiger partial charge in [-0.25, -0.2) is 19.2 Å². The van der Waals surface area contributed by atoms with Crippen LogP contribution in [0, 0.1) is 5.82 Å². The fourth-order valence-corrected chi connectivity index (χ4v) is 2.68. The predicted octanol–water partition coefficient (Wildman–Crippen LogP) is 2.92. The van der Waals surface area contributed by atoms with Crippen molar-refractivity contribution in [3.8, 4) is 0 Å². The van der Waals surface area contributed by atoms with E-state index in [1.54, 1.807) is 12.1 Å². The van der Waals surface area contributed by atoms with Crippen molar-refractivity contribution in [1.29, 1.82) is 0 Å². The van der Waals surface area contributed by atoms with E-state index in [0.29, 0.717) is 31.0 Å². The van der Waals surface area contributed by atoms with Crippen molar-refractivity contribution in [3.63, 3.8) is 0 Å². The van der Waals surface area contributed by atoms with Crippen molar-refractivity contribution < 1.29 is 14.3 Å². The standard InChI is InChI=1S/C15H14ClFN4O2/c16-14-19-12-8-21(15(22)23)6-5-11(12)13(20-14)18-7-9-1-3-10(17)4-2-9/h1-4H,5-8H2,(H,22,23)(H,18,19,20). The molecule has 1 aliphatic heterocycles. The molecule has 1 aromatic heterocycles. The lowest BCUT2D eigenvalue weighted by atomic mass is 10.1. The number of nitrogens with one attached hydrogen (secondary N) is 1. The number of aromatic nitrogens is 2. The molecule has 0 atom stereocenters. The lowest BCUT2D eigenvalue weighted by Crippen LogP contribution is -2.35. The summed E-state index contributed by atoms with van der Waals surface area (Å²) in [5.41, 5.74) is 2.38. The SMILES string of the molecule is O=C(O)N1CCc2c(nc(Cl)nc2NCc2ccc(F)cc2)C1. The number of halogens is 2. The third-order valence-electron chi connectivity index (χ3n) is 3.68. The van der Waals surface area contributed by atoms with E-state index in [4.69, 9.17) is 16.7 Å². The number of nitrogens with zero attached hydrogens (tertiary/aromatic N) is 3. The maximum Gasteiger partial charge on any atom is 0.407 e. The Kier molecular flexibility index (Phi) is 4.29. The fourth-order valence-electron chi connectivity index (χ4n) is 2.50. The van der Waals surface area contributed by atoms with Crippen LogP contribution in [0.3, 0.4) is 0 Å². The number of benzene rings is 1. The van der Waals surface area contributed by atoms with Crippen molar-refractivity contribution in [2.45, 2.75) is 19.5 Å². The molecule has 0 bridgehead atoms. The maximum absolute atomic E-state index is 12.9. The quantitative estimate of drug-likeness (QED) is 0.843. The Morgan fingerprint density at radius 3 is 2.78 bits per heavy atom. The van der Waals surface area contributed by atoms with Gasteiger partial charge in [0.25, 0.3) is 0 Å². The molecule has 1 aromatic carbocycles. The average molecular weight is 337 g/mol. The van der Waals surface area contributed by atoms with Crippen LogP contribution >= 0.6 is 11.6 Å². The molecule has 0 aliphatic carbocycles. The third-order valence-corrected chi connectivity index (χ3v) is 3.85. The third kappa shape index (κ3) is 3.50. The van der Waals surface area contributed by atoms with Crippen molar-refractivity contribution in [1.82, 2.24) is 14.9 Å². The molecule has 2 aromatic rings. The normalized spacial score (nSPS) is 13.6. The van der Waals surface area contributed by atoms with Crippen LogP contribution in [0.2, 0.25) is 5.28 Å². The second kappa shape index (κ2) is 6.37. The van der Waals surface area contributed by atoms with Gasteiger partial charge in [0.15, 0.2) is 0 Å². The Balaban J connectivity index is 1.80. The van der Waals surface area contributed by atoms with Gasteiger partial charge in [0, 0.05) is 18.7 Å². The first kappa shape index (κ1) is 15.5. The highest BCUT2D eigenvalue weighted by Gasteiger charge is 2.24. The minimum absolute atomic E-state index is 0.0672. The highest BCUT2D eigenvalue weighted by Crippen LogP contribution is 2.25. The van der Waals surface area contributed by atoms with Crippen molar-refractivity contribution in [3.05, 3.63) is 52.2 Å². The molecule has 3 rings (SSSR count). The molecular formula is C15H14ClFN4O2. The molecule has 2 N–H and O–H groups in total. The number of fused-ring (bicyclic) bond motifs is 1. The van der Waals surface area contributed by atoms with Crippen LogP contribution in [-0.4, -0.2) is 32.6 Å². The molecular weight excluding hydrogens is 323 g/mol. The second-order valence-corrected chi connectivity index (χ2v) is 5.54. The van der Waals surface area contributed by atoms with Crippen molar-refractivity contribution >= 4 is 23.5 Å². The van der Waals surface area contributed by atoms with E-state index in [9.17, 15) is 9.18 Å². The number of carboxylic acid groups (broad SMARTS) is 1. The summed E-state index contributed by atoms with van der Waals surface area (Å²) in [7, 11) is 0. The number of carbonyl (C=O) groups is 1. The molecule has 0 radical (unpaired) electrons. The number of rotatable bonds is 3. The summed E-state index contributed by atoms with van der Waals surface area (Å²) < 4.78 is 12.9. The highest BCUT2D eigenvalue weighted by atomic mass is 35.5. The second-order valence-electron chi connectivity index (χ2n) is 5.20. The van der Waals surface area contributed by atoms with Gasteiger partial charge in [-0.3, -0.25) is 0 Å². The molecule has 2 heterocycles. The molecule has 6 nitrogen and oxygen atoms in total. The minimum Gasteiger partial charge on any atom is -0.465 e. The number of anilines is 1. The average Bonchev–Trinajstić information content (AvgIpc) is 2.53. The topological polar surface area (TPSA) is 78.3 Å². The highest BCUT2D eigenvalue weighted by molar-refractivity contribution is 6.28. The van der Waals surface area contributed by atoms with Gasteiger partial charge in [0.2, 0.25) is 5.28 Å². The van der Waals surface area contributed by atoms with Gasteiger partial charge in [0.1, 0.15) is 11.6 Å². The Bertz CT molecular complexity index is 739. The molecule has 120 valence electrons. The van der Waals surface area contributed by atoms with Crippen molar-refractivity contribution in [2.75, 3.05) is 11.9 Å². The van der Waals surface area contributed by atoms with Gasteiger partial charge in [-0.05, 0) is 35.7 Å². The van der Waals surface area contributed by atoms with Crippen LogP contribution < -0.4 is 5.32 Å². The predicted molar refractivity (Wildman–Crippen MR) is 82.9 cm³/mol. The first-order chi connectivity index (χ1) is 11.0. The number of hydrogen-bond acceptors (Lipinski definition) is 4.